The van der Waals surface area contributed by atoms with Gasteiger partial charge < -0.3 is 14.8 Å². The maximum atomic E-state index is 12.2. The molecule has 0 aromatic heterocycles. The predicted molar refractivity (Wildman–Crippen MR) is 83.3 cm³/mol. The molecule has 0 aliphatic heterocycles. The van der Waals surface area contributed by atoms with Crippen LogP contribution in [0, 0.1) is 0 Å². The molecule has 5 heteroatoms. The highest BCUT2D eigenvalue weighted by Crippen LogP contribution is 2.20. The average molecular weight is 299 g/mol. The Labute approximate surface area is 128 Å². The Balaban J connectivity index is 2.07. The Bertz CT molecular complexity index is 665. The summed E-state index contributed by atoms with van der Waals surface area (Å²) in [5, 5.41) is 2.77. The van der Waals surface area contributed by atoms with Crippen LogP contribution in [0.1, 0.15) is 23.7 Å². The lowest BCUT2D eigenvalue weighted by atomic mass is 10.2. The van der Waals surface area contributed by atoms with E-state index in [0.717, 1.165) is 0 Å². The van der Waals surface area contributed by atoms with Gasteiger partial charge in [-0.2, -0.15) is 0 Å². The number of hydrogen-bond acceptors (Lipinski definition) is 4. The molecule has 2 aromatic carbocycles. The minimum atomic E-state index is -0.300. The average Bonchev–Trinajstić information content (AvgIpc) is 2.56. The van der Waals surface area contributed by atoms with Crippen LogP contribution in [0.15, 0.2) is 48.5 Å². The summed E-state index contributed by atoms with van der Waals surface area (Å²) in [6.45, 7) is 1.73. The SMILES string of the molecule is CCC(=O)Oc1ccc(NC(=O)c2ccccc2OC)cc1. The van der Waals surface area contributed by atoms with E-state index in [9.17, 15) is 9.59 Å². The first kappa shape index (κ1) is 15.6. The number of amides is 1. The van der Waals surface area contributed by atoms with E-state index in [4.69, 9.17) is 9.47 Å². The molecule has 114 valence electrons. The van der Waals surface area contributed by atoms with Crippen molar-refractivity contribution in [2.24, 2.45) is 0 Å². The fraction of sp³-hybridized carbons (Fsp3) is 0.176. The lowest BCUT2D eigenvalue weighted by molar-refractivity contribution is -0.134. The van der Waals surface area contributed by atoms with E-state index in [2.05, 4.69) is 5.32 Å². The van der Waals surface area contributed by atoms with Crippen LogP contribution in [-0.2, 0) is 4.79 Å². The summed E-state index contributed by atoms with van der Waals surface area (Å²) in [5.41, 5.74) is 1.05. The van der Waals surface area contributed by atoms with Crippen molar-refractivity contribution in [3.05, 3.63) is 54.1 Å². The van der Waals surface area contributed by atoms with Gasteiger partial charge in [-0.15, -0.1) is 0 Å². The number of nitrogens with one attached hydrogen (secondary N) is 1. The fourth-order valence-electron chi connectivity index (χ4n) is 1.84. The summed E-state index contributed by atoms with van der Waals surface area (Å²) in [7, 11) is 1.52. The summed E-state index contributed by atoms with van der Waals surface area (Å²) in [6.07, 6.45) is 0.312. The summed E-state index contributed by atoms with van der Waals surface area (Å²) in [5.74, 6) is 0.386. The summed E-state index contributed by atoms with van der Waals surface area (Å²) < 4.78 is 10.2. The van der Waals surface area contributed by atoms with Crippen LogP contribution in [-0.4, -0.2) is 19.0 Å². The number of hydrogen-bond donors (Lipinski definition) is 1. The summed E-state index contributed by atoms with van der Waals surface area (Å²) in [4.78, 5) is 23.4. The van der Waals surface area contributed by atoms with Crippen LogP contribution in [0.3, 0.4) is 0 Å². The van der Waals surface area contributed by atoms with E-state index in [0.29, 0.717) is 29.2 Å². The van der Waals surface area contributed by atoms with Gasteiger partial charge in [-0.1, -0.05) is 19.1 Å². The van der Waals surface area contributed by atoms with E-state index in [1.807, 2.05) is 0 Å². The van der Waals surface area contributed by atoms with Crippen LogP contribution < -0.4 is 14.8 Å². The van der Waals surface area contributed by atoms with Gasteiger partial charge in [-0.25, -0.2) is 0 Å². The van der Waals surface area contributed by atoms with Crippen LogP contribution in [0.5, 0.6) is 11.5 Å². The first-order valence-electron chi connectivity index (χ1n) is 6.89. The molecule has 2 aromatic rings. The highest BCUT2D eigenvalue weighted by molar-refractivity contribution is 6.06. The lowest BCUT2D eigenvalue weighted by Crippen LogP contribution is -2.13. The van der Waals surface area contributed by atoms with Crippen LogP contribution >= 0.6 is 0 Å². The molecule has 0 radical (unpaired) electrons. The van der Waals surface area contributed by atoms with Gasteiger partial charge in [0, 0.05) is 12.1 Å². The first-order valence-corrected chi connectivity index (χ1v) is 6.89. The molecule has 0 atom stereocenters. The second-order valence-electron chi connectivity index (χ2n) is 4.51. The van der Waals surface area contributed by atoms with Gasteiger partial charge in [0.1, 0.15) is 11.5 Å². The van der Waals surface area contributed by atoms with Crippen molar-refractivity contribution in [2.45, 2.75) is 13.3 Å². The second-order valence-corrected chi connectivity index (χ2v) is 4.51. The second kappa shape index (κ2) is 7.26. The molecular formula is C17H17NO4. The zero-order chi connectivity index (χ0) is 15.9. The molecule has 1 N–H and O–H groups in total. The molecular weight excluding hydrogens is 282 g/mol. The number of esters is 1. The van der Waals surface area contributed by atoms with Crippen molar-refractivity contribution in [1.82, 2.24) is 0 Å². The number of ether oxygens (including phenoxy) is 2. The van der Waals surface area contributed by atoms with E-state index < -0.39 is 0 Å². The lowest BCUT2D eigenvalue weighted by Gasteiger charge is -2.09. The Hall–Kier alpha value is -2.82. The van der Waals surface area contributed by atoms with E-state index in [1.54, 1.807) is 55.5 Å². The molecule has 0 saturated heterocycles. The van der Waals surface area contributed by atoms with Crippen LogP contribution in [0.25, 0.3) is 0 Å². The molecule has 0 fully saturated rings. The predicted octanol–water partition coefficient (Wildman–Crippen LogP) is 3.26. The zero-order valence-electron chi connectivity index (χ0n) is 12.5. The number of methoxy groups -OCH3 is 1. The van der Waals surface area contributed by atoms with E-state index >= 15 is 0 Å². The summed E-state index contributed by atoms with van der Waals surface area (Å²) in [6, 6.07) is 13.6. The van der Waals surface area contributed by atoms with Crippen molar-refractivity contribution >= 4 is 17.6 Å². The monoisotopic (exact) mass is 299 g/mol. The molecule has 2 rings (SSSR count). The quantitative estimate of drug-likeness (QED) is 0.680. The number of para-hydroxylation sites is 1. The van der Waals surface area contributed by atoms with Gasteiger partial charge in [0.05, 0.1) is 12.7 Å². The number of anilines is 1. The standard InChI is InChI=1S/C17H17NO4/c1-3-16(19)22-13-10-8-12(9-11-13)18-17(20)14-6-4-5-7-15(14)21-2/h4-11H,3H2,1-2H3,(H,18,20). The zero-order valence-corrected chi connectivity index (χ0v) is 12.5. The van der Waals surface area contributed by atoms with Crippen molar-refractivity contribution in [3.8, 4) is 11.5 Å². The van der Waals surface area contributed by atoms with E-state index in [-0.39, 0.29) is 11.9 Å². The topological polar surface area (TPSA) is 64.6 Å². The minimum Gasteiger partial charge on any atom is -0.496 e. The van der Waals surface area contributed by atoms with Crippen molar-refractivity contribution in [3.63, 3.8) is 0 Å². The number of benzene rings is 2. The van der Waals surface area contributed by atoms with Crippen molar-refractivity contribution < 1.29 is 19.1 Å². The molecule has 1 amide bonds. The molecule has 5 nitrogen and oxygen atoms in total. The Morgan fingerprint density at radius 2 is 1.73 bits per heavy atom. The molecule has 22 heavy (non-hydrogen) atoms. The van der Waals surface area contributed by atoms with Gasteiger partial charge in [0.15, 0.2) is 0 Å². The van der Waals surface area contributed by atoms with Crippen LogP contribution in [0.4, 0.5) is 5.69 Å². The maximum absolute atomic E-state index is 12.2. The van der Waals surface area contributed by atoms with Crippen LogP contribution in [0.2, 0.25) is 0 Å². The first-order chi connectivity index (χ1) is 10.6. The van der Waals surface area contributed by atoms with Gasteiger partial charge in [0.25, 0.3) is 5.91 Å². The largest absolute Gasteiger partial charge is 0.496 e. The normalized spacial score (nSPS) is 9.91. The molecule has 0 saturated carbocycles. The molecule has 0 unspecified atom stereocenters. The third-order valence-corrected chi connectivity index (χ3v) is 2.98. The molecule has 0 aliphatic carbocycles. The van der Waals surface area contributed by atoms with Gasteiger partial charge >= 0.3 is 5.97 Å². The number of carbonyl (C=O) groups excluding carboxylic acids is 2. The van der Waals surface area contributed by atoms with Gasteiger partial charge in [-0.3, -0.25) is 9.59 Å². The number of carbonyl (C=O) groups is 2. The smallest absolute Gasteiger partial charge is 0.310 e. The minimum absolute atomic E-state index is 0.268. The molecule has 0 bridgehead atoms. The van der Waals surface area contributed by atoms with Gasteiger partial charge in [0.2, 0.25) is 0 Å². The van der Waals surface area contributed by atoms with E-state index in [1.165, 1.54) is 7.11 Å². The Kier molecular flexibility index (Phi) is 5.14. The third-order valence-electron chi connectivity index (χ3n) is 2.98. The van der Waals surface area contributed by atoms with Crippen molar-refractivity contribution in [2.75, 3.05) is 12.4 Å². The molecule has 0 heterocycles. The highest BCUT2D eigenvalue weighted by atomic mass is 16.5. The Morgan fingerprint density at radius 1 is 1.05 bits per heavy atom. The number of rotatable bonds is 5. The van der Waals surface area contributed by atoms with Crippen molar-refractivity contribution in [1.29, 1.82) is 0 Å². The Morgan fingerprint density at radius 3 is 2.36 bits per heavy atom. The summed E-state index contributed by atoms with van der Waals surface area (Å²) >= 11 is 0. The highest BCUT2D eigenvalue weighted by Gasteiger charge is 2.11. The maximum Gasteiger partial charge on any atom is 0.310 e. The third kappa shape index (κ3) is 3.85. The fourth-order valence-corrected chi connectivity index (χ4v) is 1.84. The molecule has 0 aliphatic rings. The molecule has 0 spiro atoms. The van der Waals surface area contributed by atoms with Gasteiger partial charge in [-0.05, 0) is 36.4 Å².